The van der Waals surface area contributed by atoms with Crippen LogP contribution in [0, 0.1) is 11.8 Å². The molecule has 19 heavy (non-hydrogen) atoms. The molecule has 2 bridgehead atoms. The number of rotatable bonds is 6. The zero-order chi connectivity index (χ0) is 13.1. The molecule has 1 N–H and O–H groups in total. The van der Waals surface area contributed by atoms with E-state index in [0.717, 1.165) is 25.9 Å². The van der Waals surface area contributed by atoms with Crippen molar-refractivity contribution in [3.8, 4) is 0 Å². The van der Waals surface area contributed by atoms with Crippen molar-refractivity contribution in [1.29, 1.82) is 0 Å². The van der Waals surface area contributed by atoms with E-state index in [2.05, 4.69) is 12.1 Å². The Bertz CT molecular complexity index is 392. The Morgan fingerprint density at radius 2 is 1.84 bits per heavy atom. The van der Waals surface area contributed by atoms with Crippen molar-refractivity contribution in [3.05, 3.63) is 35.9 Å². The molecular weight excluding hydrogens is 240 g/mol. The van der Waals surface area contributed by atoms with E-state index < -0.39 is 0 Å². The molecule has 3 rings (SSSR count). The molecule has 0 saturated carbocycles. The molecule has 1 aromatic carbocycles. The zero-order valence-corrected chi connectivity index (χ0v) is 11.2. The molecule has 0 spiro atoms. The standard InChI is InChI=1S/C16H22O3/c17-9-8-13-14(16-7-6-15(13)19-16)11-18-10-12-4-2-1-3-5-12/h1-5,13-17H,6-11H2/t13-,14+,15-,16+/m0/s1. The van der Waals surface area contributed by atoms with Gasteiger partial charge in [-0.3, -0.25) is 0 Å². The molecule has 3 nitrogen and oxygen atoms in total. The van der Waals surface area contributed by atoms with E-state index in [0.29, 0.717) is 30.7 Å². The summed E-state index contributed by atoms with van der Waals surface area (Å²) in [5, 5.41) is 9.18. The van der Waals surface area contributed by atoms with Gasteiger partial charge in [-0.2, -0.15) is 0 Å². The Morgan fingerprint density at radius 3 is 2.58 bits per heavy atom. The van der Waals surface area contributed by atoms with E-state index in [1.807, 2.05) is 18.2 Å². The molecule has 2 heterocycles. The quantitative estimate of drug-likeness (QED) is 0.855. The third kappa shape index (κ3) is 2.83. The Labute approximate surface area is 114 Å². The van der Waals surface area contributed by atoms with Gasteiger partial charge < -0.3 is 14.6 Å². The highest BCUT2D eigenvalue weighted by Crippen LogP contribution is 2.44. The second-order valence-electron chi connectivity index (χ2n) is 5.63. The molecule has 0 amide bonds. The van der Waals surface area contributed by atoms with Crippen molar-refractivity contribution in [3.63, 3.8) is 0 Å². The third-order valence-corrected chi connectivity index (χ3v) is 4.47. The van der Waals surface area contributed by atoms with Crippen molar-refractivity contribution >= 4 is 0 Å². The largest absolute Gasteiger partial charge is 0.396 e. The van der Waals surface area contributed by atoms with Gasteiger partial charge in [0, 0.05) is 12.5 Å². The van der Waals surface area contributed by atoms with Gasteiger partial charge in [-0.15, -0.1) is 0 Å². The molecule has 2 saturated heterocycles. The molecule has 2 aliphatic rings. The zero-order valence-electron chi connectivity index (χ0n) is 11.2. The summed E-state index contributed by atoms with van der Waals surface area (Å²) in [6, 6.07) is 10.3. The normalized spacial score (nSPS) is 32.9. The molecule has 0 radical (unpaired) electrons. The predicted molar refractivity (Wildman–Crippen MR) is 72.7 cm³/mol. The van der Waals surface area contributed by atoms with Crippen LogP contribution in [-0.2, 0) is 16.1 Å². The molecule has 2 aliphatic heterocycles. The third-order valence-electron chi connectivity index (χ3n) is 4.47. The molecule has 2 fully saturated rings. The van der Waals surface area contributed by atoms with Crippen LogP contribution in [0.25, 0.3) is 0 Å². The predicted octanol–water partition coefficient (Wildman–Crippen LogP) is 2.38. The topological polar surface area (TPSA) is 38.7 Å². The molecule has 1 aromatic rings. The Balaban J connectivity index is 1.51. The minimum Gasteiger partial charge on any atom is -0.396 e. The van der Waals surface area contributed by atoms with Crippen molar-refractivity contribution in [2.24, 2.45) is 11.8 Å². The van der Waals surface area contributed by atoms with Gasteiger partial charge in [0.05, 0.1) is 25.4 Å². The molecule has 3 heteroatoms. The van der Waals surface area contributed by atoms with Gasteiger partial charge in [-0.05, 0) is 30.7 Å². The fourth-order valence-electron chi connectivity index (χ4n) is 3.54. The summed E-state index contributed by atoms with van der Waals surface area (Å²) in [7, 11) is 0. The second-order valence-corrected chi connectivity index (χ2v) is 5.63. The Hall–Kier alpha value is -0.900. The number of fused-ring (bicyclic) bond motifs is 2. The minimum atomic E-state index is 0.256. The van der Waals surface area contributed by atoms with Crippen LogP contribution in [0.3, 0.4) is 0 Å². The minimum absolute atomic E-state index is 0.256. The van der Waals surface area contributed by atoms with Crippen LogP contribution < -0.4 is 0 Å². The summed E-state index contributed by atoms with van der Waals surface area (Å²) in [5.41, 5.74) is 1.21. The maximum Gasteiger partial charge on any atom is 0.0717 e. The summed E-state index contributed by atoms with van der Waals surface area (Å²) in [6.07, 6.45) is 3.89. The van der Waals surface area contributed by atoms with Crippen LogP contribution >= 0.6 is 0 Å². The lowest BCUT2D eigenvalue weighted by molar-refractivity contribution is 0.0404. The SMILES string of the molecule is OCC[C@H]1[C@@H](COCc2ccccc2)[C@H]2CC[C@@H]1O2. The van der Waals surface area contributed by atoms with E-state index in [-0.39, 0.29) is 6.61 Å². The molecule has 0 unspecified atom stereocenters. The average molecular weight is 262 g/mol. The molecular formula is C16H22O3. The lowest BCUT2D eigenvalue weighted by atomic mass is 9.78. The Morgan fingerprint density at radius 1 is 1.11 bits per heavy atom. The van der Waals surface area contributed by atoms with Crippen LogP contribution in [0.1, 0.15) is 24.8 Å². The first-order valence-corrected chi connectivity index (χ1v) is 7.26. The summed E-state index contributed by atoms with van der Waals surface area (Å²) < 4.78 is 11.8. The van der Waals surface area contributed by atoms with Gasteiger partial charge in [0.1, 0.15) is 0 Å². The van der Waals surface area contributed by atoms with Crippen molar-refractivity contribution < 1.29 is 14.6 Å². The number of aliphatic hydroxyl groups excluding tert-OH is 1. The molecule has 0 aromatic heterocycles. The van der Waals surface area contributed by atoms with Crippen LogP contribution in [0.15, 0.2) is 30.3 Å². The maximum atomic E-state index is 9.18. The van der Waals surface area contributed by atoms with Gasteiger partial charge in [0.2, 0.25) is 0 Å². The van der Waals surface area contributed by atoms with E-state index in [1.165, 1.54) is 5.56 Å². The number of hydrogen-bond acceptors (Lipinski definition) is 3. The fraction of sp³-hybridized carbons (Fsp3) is 0.625. The summed E-state index contributed by atoms with van der Waals surface area (Å²) in [4.78, 5) is 0. The summed E-state index contributed by atoms with van der Waals surface area (Å²) in [6.45, 7) is 1.67. The number of aliphatic hydroxyl groups is 1. The van der Waals surface area contributed by atoms with Crippen LogP contribution in [0.5, 0.6) is 0 Å². The Kier molecular flexibility index (Phi) is 4.16. The summed E-state index contributed by atoms with van der Waals surface area (Å²) >= 11 is 0. The highest BCUT2D eigenvalue weighted by atomic mass is 16.5. The number of ether oxygens (including phenoxy) is 2. The van der Waals surface area contributed by atoms with E-state index in [1.54, 1.807) is 0 Å². The lowest BCUT2D eigenvalue weighted by Gasteiger charge is -2.27. The van der Waals surface area contributed by atoms with E-state index in [9.17, 15) is 5.11 Å². The maximum absolute atomic E-state index is 9.18. The second kappa shape index (κ2) is 6.04. The van der Waals surface area contributed by atoms with Crippen LogP contribution in [-0.4, -0.2) is 30.5 Å². The highest BCUT2D eigenvalue weighted by molar-refractivity contribution is 5.13. The molecule has 104 valence electrons. The van der Waals surface area contributed by atoms with Crippen LogP contribution in [0.2, 0.25) is 0 Å². The first kappa shape index (κ1) is 13.1. The highest BCUT2D eigenvalue weighted by Gasteiger charge is 2.48. The van der Waals surface area contributed by atoms with E-state index in [4.69, 9.17) is 9.47 Å². The van der Waals surface area contributed by atoms with Crippen molar-refractivity contribution in [1.82, 2.24) is 0 Å². The first-order valence-electron chi connectivity index (χ1n) is 7.26. The van der Waals surface area contributed by atoms with Gasteiger partial charge >= 0.3 is 0 Å². The van der Waals surface area contributed by atoms with Crippen molar-refractivity contribution in [2.45, 2.75) is 38.1 Å². The van der Waals surface area contributed by atoms with Gasteiger partial charge in [0.15, 0.2) is 0 Å². The van der Waals surface area contributed by atoms with Gasteiger partial charge in [0.25, 0.3) is 0 Å². The molecule has 4 atom stereocenters. The fourth-order valence-corrected chi connectivity index (χ4v) is 3.54. The first-order chi connectivity index (χ1) is 9.38. The van der Waals surface area contributed by atoms with E-state index >= 15 is 0 Å². The lowest BCUT2D eigenvalue weighted by Crippen LogP contribution is -2.31. The monoisotopic (exact) mass is 262 g/mol. The number of benzene rings is 1. The van der Waals surface area contributed by atoms with Gasteiger partial charge in [-0.1, -0.05) is 30.3 Å². The summed E-state index contributed by atoms with van der Waals surface area (Å²) in [5.74, 6) is 0.953. The number of hydrogen-bond donors (Lipinski definition) is 1. The smallest absolute Gasteiger partial charge is 0.0717 e. The average Bonchev–Trinajstić information content (AvgIpc) is 3.03. The molecule has 0 aliphatic carbocycles. The van der Waals surface area contributed by atoms with Gasteiger partial charge in [-0.25, -0.2) is 0 Å². The van der Waals surface area contributed by atoms with Crippen LogP contribution in [0.4, 0.5) is 0 Å². The van der Waals surface area contributed by atoms with Crippen molar-refractivity contribution in [2.75, 3.05) is 13.2 Å².